The molecular weight excluding hydrogens is 334 g/mol. The summed E-state index contributed by atoms with van der Waals surface area (Å²) in [5.74, 6) is 0.632. The first-order valence-electron chi connectivity index (χ1n) is 8.41. The van der Waals surface area contributed by atoms with Crippen molar-refractivity contribution < 1.29 is 14.5 Å². The summed E-state index contributed by atoms with van der Waals surface area (Å²) >= 11 is 0. The van der Waals surface area contributed by atoms with Crippen molar-refractivity contribution in [3.8, 4) is 5.75 Å². The van der Waals surface area contributed by atoms with Gasteiger partial charge in [0.15, 0.2) is 0 Å². The molecule has 0 aliphatic carbocycles. The third kappa shape index (κ3) is 6.08. The molecule has 2 N–H and O–H groups in total. The number of carbonyl (C=O) groups excluding carboxylic acids is 1. The van der Waals surface area contributed by atoms with Gasteiger partial charge in [0.05, 0.1) is 18.0 Å². The maximum Gasteiger partial charge on any atom is 0.292 e. The van der Waals surface area contributed by atoms with Gasteiger partial charge in [0.1, 0.15) is 11.4 Å². The molecule has 0 aliphatic heterocycles. The molecular formula is C19H23N3O4. The van der Waals surface area contributed by atoms with Gasteiger partial charge in [-0.2, -0.15) is 0 Å². The number of nitrogens with zero attached hydrogens (tertiary/aromatic N) is 1. The Morgan fingerprint density at radius 3 is 2.50 bits per heavy atom. The molecule has 2 aromatic carbocycles. The number of para-hydroxylation sites is 2. The van der Waals surface area contributed by atoms with Gasteiger partial charge in [-0.15, -0.1) is 0 Å². The Bertz CT molecular complexity index is 757. The summed E-state index contributed by atoms with van der Waals surface area (Å²) in [4.78, 5) is 22.3. The molecule has 1 amide bonds. The lowest BCUT2D eigenvalue weighted by molar-refractivity contribution is -0.384. The molecule has 0 fully saturated rings. The van der Waals surface area contributed by atoms with Gasteiger partial charge < -0.3 is 15.4 Å². The van der Waals surface area contributed by atoms with E-state index in [4.69, 9.17) is 4.74 Å². The summed E-state index contributed by atoms with van der Waals surface area (Å²) in [6, 6.07) is 12.3. The normalized spacial score (nSPS) is 10.2. The minimum Gasteiger partial charge on any atom is -0.493 e. The molecule has 0 spiro atoms. The molecule has 0 unspecified atom stereocenters. The zero-order chi connectivity index (χ0) is 18.9. The smallest absolute Gasteiger partial charge is 0.292 e. The van der Waals surface area contributed by atoms with E-state index in [1.54, 1.807) is 18.2 Å². The predicted molar refractivity (Wildman–Crippen MR) is 101 cm³/mol. The third-order valence-electron chi connectivity index (χ3n) is 3.66. The minimum atomic E-state index is -0.439. The summed E-state index contributed by atoms with van der Waals surface area (Å²) in [5.41, 5.74) is 2.68. The van der Waals surface area contributed by atoms with E-state index in [9.17, 15) is 14.9 Å². The van der Waals surface area contributed by atoms with Gasteiger partial charge in [-0.05, 0) is 43.2 Å². The largest absolute Gasteiger partial charge is 0.493 e. The molecule has 2 rings (SSSR count). The fourth-order valence-electron chi connectivity index (χ4n) is 2.55. The predicted octanol–water partition coefficient (Wildman–Crippen LogP) is 3.21. The number of carbonyl (C=O) groups is 1. The molecule has 26 heavy (non-hydrogen) atoms. The first-order valence-corrected chi connectivity index (χ1v) is 8.41. The number of nitro benzene ring substituents is 1. The molecule has 0 atom stereocenters. The van der Waals surface area contributed by atoms with Gasteiger partial charge in [0.25, 0.3) is 5.69 Å². The van der Waals surface area contributed by atoms with Crippen LogP contribution in [0, 0.1) is 24.0 Å². The molecule has 0 radical (unpaired) electrons. The van der Waals surface area contributed by atoms with E-state index < -0.39 is 4.92 Å². The molecule has 0 heterocycles. The SMILES string of the molecule is Cc1cc(C)cc(OCCC(=O)NCCNc2ccccc2[N+](=O)[O-])c1. The van der Waals surface area contributed by atoms with Gasteiger partial charge in [-0.25, -0.2) is 0 Å². The van der Waals surface area contributed by atoms with Crippen LogP contribution >= 0.6 is 0 Å². The summed E-state index contributed by atoms with van der Waals surface area (Å²) in [6.07, 6.45) is 0.248. The summed E-state index contributed by atoms with van der Waals surface area (Å²) in [6.45, 7) is 5.06. The van der Waals surface area contributed by atoms with Crippen LogP contribution in [0.2, 0.25) is 0 Å². The van der Waals surface area contributed by atoms with Crippen molar-refractivity contribution in [1.29, 1.82) is 0 Å². The van der Waals surface area contributed by atoms with Crippen molar-refractivity contribution in [3.63, 3.8) is 0 Å². The van der Waals surface area contributed by atoms with Crippen molar-refractivity contribution in [2.75, 3.05) is 25.0 Å². The standard InChI is InChI=1S/C19H23N3O4/c1-14-11-15(2)13-16(12-14)26-10-7-19(23)21-9-8-20-17-5-3-4-6-18(17)22(24)25/h3-6,11-13,20H,7-10H2,1-2H3,(H,21,23). The van der Waals surface area contributed by atoms with E-state index in [1.807, 2.05) is 26.0 Å². The Kier molecular flexibility index (Phi) is 6.96. The van der Waals surface area contributed by atoms with Crippen LogP contribution in [0.5, 0.6) is 5.75 Å². The number of ether oxygens (including phenoxy) is 1. The molecule has 0 saturated heterocycles. The second-order valence-corrected chi connectivity index (χ2v) is 5.97. The van der Waals surface area contributed by atoms with Crippen LogP contribution in [-0.2, 0) is 4.79 Å². The highest BCUT2D eigenvalue weighted by atomic mass is 16.6. The number of hydrogen-bond acceptors (Lipinski definition) is 5. The Morgan fingerprint density at radius 1 is 1.12 bits per heavy atom. The lowest BCUT2D eigenvalue weighted by Gasteiger charge is -2.10. The second-order valence-electron chi connectivity index (χ2n) is 5.97. The van der Waals surface area contributed by atoms with Crippen molar-refractivity contribution >= 4 is 17.3 Å². The summed E-state index contributed by atoms with van der Waals surface area (Å²) < 4.78 is 5.60. The molecule has 0 bridgehead atoms. The van der Waals surface area contributed by atoms with Crippen molar-refractivity contribution in [1.82, 2.24) is 5.32 Å². The van der Waals surface area contributed by atoms with Gasteiger partial charge in [-0.3, -0.25) is 14.9 Å². The van der Waals surface area contributed by atoms with Crippen LogP contribution in [-0.4, -0.2) is 30.5 Å². The number of aryl methyl sites for hydroxylation is 2. The third-order valence-corrected chi connectivity index (χ3v) is 3.66. The van der Waals surface area contributed by atoms with E-state index in [0.717, 1.165) is 16.9 Å². The van der Waals surface area contributed by atoms with Gasteiger partial charge in [0.2, 0.25) is 5.91 Å². The summed E-state index contributed by atoms with van der Waals surface area (Å²) in [5, 5.41) is 16.6. The van der Waals surface area contributed by atoms with Crippen molar-refractivity contribution in [2.45, 2.75) is 20.3 Å². The van der Waals surface area contributed by atoms with Gasteiger partial charge >= 0.3 is 0 Å². The maximum atomic E-state index is 11.8. The van der Waals surface area contributed by atoms with Crippen LogP contribution in [0.15, 0.2) is 42.5 Å². The molecule has 0 aliphatic rings. The number of rotatable bonds is 9. The van der Waals surface area contributed by atoms with E-state index >= 15 is 0 Å². The number of nitro groups is 1. The highest BCUT2D eigenvalue weighted by Gasteiger charge is 2.11. The number of hydrogen-bond donors (Lipinski definition) is 2. The van der Waals surface area contributed by atoms with E-state index in [2.05, 4.69) is 16.7 Å². The molecule has 2 aromatic rings. The minimum absolute atomic E-state index is 0.0145. The number of nitrogens with one attached hydrogen (secondary N) is 2. The van der Waals surface area contributed by atoms with E-state index in [1.165, 1.54) is 6.07 Å². The molecule has 0 aromatic heterocycles. The topological polar surface area (TPSA) is 93.5 Å². The second kappa shape index (κ2) is 9.41. The quantitative estimate of drug-likeness (QED) is 0.408. The average Bonchev–Trinajstić information content (AvgIpc) is 2.58. The van der Waals surface area contributed by atoms with E-state index in [0.29, 0.717) is 25.4 Å². The average molecular weight is 357 g/mol. The zero-order valence-corrected chi connectivity index (χ0v) is 15.0. The number of benzene rings is 2. The number of amides is 1. The van der Waals surface area contributed by atoms with Crippen LogP contribution in [0.4, 0.5) is 11.4 Å². The molecule has 138 valence electrons. The Morgan fingerprint density at radius 2 is 1.81 bits per heavy atom. The molecule has 7 heteroatoms. The first-order chi connectivity index (χ1) is 12.5. The van der Waals surface area contributed by atoms with Crippen LogP contribution in [0.3, 0.4) is 0 Å². The van der Waals surface area contributed by atoms with Crippen LogP contribution < -0.4 is 15.4 Å². The van der Waals surface area contributed by atoms with Crippen LogP contribution in [0.1, 0.15) is 17.5 Å². The lowest BCUT2D eigenvalue weighted by Crippen LogP contribution is -2.29. The molecule has 7 nitrogen and oxygen atoms in total. The van der Waals surface area contributed by atoms with Gasteiger partial charge in [-0.1, -0.05) is 18.2 Å². The van der Waals surface area contributed by atoms with Crippen molar-refractivity contribution in [3.05, 3.63) is 63.7 Å². The molecule has 0 saturated carbocycles. The summed E-state index contributed by atoms with van der Waals surface area (Å²) in [7, 11) is 0. The van der Waals surface area contributed by atoms with Crippen molar-refractivity contribution in [2.24, 2.45) is 0 Å². The van der Waals surface area contributed by atoms with E-state index in [-0.39, 0.29) is 18.0 Å². The maximum absolute atomic E-state index is 11.8. The highest BCUT2D eigenvalue weighted by molar-refractivity contribution is 5.76. The Labute approximate surface area is 152 Å². The number of anilines is 1. The highest BCUT2D eigenvalue weighted by Crippen LogP contribution is 2.22. The van der Waals surface area contributed by atoms with Gasteiger partial charge in [0, 0.05) is 19.2 Å². The fraction of sp³-hybridized carbons (Fsp3) is 0.316. The monoisotopic (exact) mass is 357 g/mol. The Balaban J connectivity index is 1.67. The first kappa shape index (κ1) is 19.2. The lowest BCUT2D eigenvalue weighted by atomic mass is 10.1. The van der Waals surface area contributed by atoms with Crippen LogP contribution in [0.25, 0.3) is 0 Å². The fourth-order valence-corrected chi connectivity index (χ4v) is 2.55. The Hall–Kier alpha value is -3.09. The zero-order valence-electron chi connectivity index (χ0n) is 15.0.